The maximum atomic E-state index is 11.7. The highest BCUT2D eigenvalue weighted by molar-refractivity contribution is 5.86. The third-order valence-corrected chi connectivity index (χ3v) is 1.79. The monoisotopic (exact) mass is 237 g/mol. The number of oxazole rings is 1. The van der Waals surface area contributed by atoms with Gasteiger partial charge in [0.1, 0.15) is 11.7 Å². The molecule has 0 unspecified atom stereocenters. The summed E-state index contributed by atoms with van der Waals surface area (Å²) < 4.78 is 10.3. The molecule has 1 aromatic rings. The highest BCUT2D eigenvalue weighted by Crippen LogP contribution is 2.21. The maximum absolute atomic E-state index is 11.7. The summed E-state index contributed by atoms with van der Waals surface area (Å²) in [7, 11) is 1.47. The van der Waals surface area contributed by atoms with E-state index in [9.17, 15) is 4.79 Å². The van der Waals surface area contributed by atoms with Crippen LogP contribution in [0.2, 0.25) is 0 Å². The molecule has 0 atom stereocenters. The van der Waals surface area contributed by atoms with Gasteiger partial charge in [0.15, 0.2) is 5.89 Å². The summed E-state index contributed by atoms with van der Waals surface area (Å²) in [5.74, 6) is 0.422. The van der Waals surface area contributed by atoms with Crippen LogP contribution in [0.5, 0.6) is 0 Å². The van der Waals surface area contributed by atoms with E-state index in [2.05, 4.69) is 4.98 Å². The minimum atomic E-state index is -0.604. The van der Waals surface area contributed by atoms with E-state index in [1.807, 2.05) is 6.07 Å². The quantitative estimate of drug-likeness (QED) is 0.748. The molecule has 6 nitrogen and oxygen atoms in total. The summed E-state index contributed by atoms with van der Waals surface area (Å²) in [6, 6.07) is 1.86. The molecule has 1 amide bonds. The number of anilines is 1. The van der Waals surface area contributed by atoms with Crippen LogP contribution in [-0.2, 0) is 4.74 Å². The van der Waals surface area contributed by atoms with Gasteiger partial charge >= 0.3 is 6.09 Å². The maximum Gasteiger partial charge on any atom is 0.416 e. The topological polar surface area (TPSA) is 79.4 Å². The zero-order chi connectivity index (χ0) is 13.2. The molecule has 0 aliphatic carbocycles. The van der Waals surface area contributed by atoms with Gasteiger partial charge in [-0.3, -0.25) is 0 Å². The second-order valence-electron chi connectivity index (χ2n) is 4.54. The summed E-state index contributed by atoms with van der Waals surface area (Å²) in [6.07, 6.45) is -0.592. The van der Waals surface area contributed by atoms with Crippen molar-refractivity contribution < 1.29 is 13.9 Å². The van der Waals surface area contributed by atoms with Gasteiger partial charge in [-0.15, -0.1) is 0 Å². The lowest BCUT2D eigenvalue weighted by Gasteiger charge is -2.23. The van der Waals surface area contributed by atoms with Gasteiger partial charge in [-0.2, -0.15) is 5.26 Å². The van der Waals surface area contributed by atoms with Gasteiger partial charge in [0.05, 0.1) is 0 Å². The predicted octanol–water partition coefficient (Wildman–Crippen LogP) is 2.23. The Morgan fingerprint density at radius 3 is 2.59 bits per heavy atom. The molecule has 0 bridgehead atoms. The molecule has 92 valence electrons. The molecule has 0 saturated heterocycles. The third-order valence-electron chi connectivity index (χ3n) is 1.79. The predicted molar refractivity (Wildman–Crippen MR) is 60.6 cm³/mol. The number of hydrogen-bond acceptors (Lipinski definition) is 5. The number of nitrogens with zero attached hydrogens (tertiary/aromatic N) is 3. The van der Waals surface area contributed by atoms with Crippen molar-refractivity contribution in [3.8, 4) is 6.07 Å². The van der Waals surface area contributed by atoms with Crippen molar-refractivity contribution >= 4 is 12.0 Å². The van der Waals surface area contributed by atoms with E-state index >= 15 is 0 Å². The molecule has 0 N–H and O–H groups in total. The fraction of sp³-hybridized carbons (Fsp3) is 0.545. The van der Waals surface area contributed by atoms with E-state index in [0.29, 0.717) is 5.89 Å². The Morgan fingerprint density at radius 1 is 1.53 bits per heavy atom. The smallest absolute Gasteiger partial charge is 0.416 e. The standard InChI is InChI=1S/C11H15N3O3/c1-7-13-8(6-12)9(16-7)14(5)10(15)17-11(2,3)4/h1-5H3. The molecule has 1 heterocycles. The molecule has 0 saturated carbocycles. The fourth-order valence-corrected chi connectivity index (χ4v) is 1.13. The molecule has 0 aliphatic rings. The molecule has 0 fully saturated rings. The zero-order valence-corrected chi connectivity index (χ0v) is 10.6. The molecule has 0 aliphatic heterocycles. The van der Waals surface area contributed by atoms with Crippen molar-refractivity contribution in [2.45, 2.75) is 33.3 Å². The van der Waals surface area contributed by atoms with Crippen LogP contribution in [0.3, 0.4) is 0 Å². The molecule has 17 heavy (non-hydrogen) atoms. The van der Waals surface area contributed by atoms with Crippen molar-refractivity contribution in [1.29, 1.82) is 5.26 Å². The van der Waals surface area contributed by atoms with Gasteiger partial charge in [0, 0.05) is 14.0 Å². The highest BCUT2D eigenvalue weighted by Gasteiger charge is 2.25. The Kier molecular flexibility index (Phi) is 3.42. The van der Waals surface area contributed by atoms with Gasteiger partial charge in [0.2, 0.25) is 11.6 Å². The van der Waals surface area contributed by atoms with Crippen LogP contribution in [-0.4, -0.2) is 23.7 Å². The summed E-state index contributed by atoms with van der Waals surface area (Å²) in [5.41, 5.74) is -0.538. The number of amides is 1. The van der Waals surface area contributed by atoms with E-state index in [1.54, 1.807) is 27.7 Å². The first kappa shape index (κ1) is 13.0. The highest BCUT2D eigenvalue weighted by atomic mass is 16.6. The largest absolute Gasteiger partial charge is 0.443 e. The molecular formula is C11H15N3O3. The second-order valence-corrected chi connectivity index (χ2v) is 4.54. The first-order valence-corrected chi connectivity index (χ1v) is 5.09. The summed E-state index contributed by atoms with van der Waals surface area (Å²) in [5, 5.41) is 8.84. The van der Waals surface area contributed by atoms with Crippen LogP contribution < -0.4 is 4.90 Å². The third kappa shape index (κ3) is 3.21. The Balaban J connectivity index is 2.93. The first-order valence-electron chi connectivity index (χ1n) is 5.09. The molecular weight excluding hydrogens is 222 g/mol. The van der Waals surface area contributed by atoms with E-state index < -0.39 is 11.7 Å². The Bertz CT molecular complexity index is 465. The lowest BCUT2D eigenvalue weighted by molar-refractivity contribution is 0.0583. The number of hydrogen-bond donors (Lipinski definition) is 0. The van der Waals surface area contributed by atoms with Gasteiger partial charge in [-0.1, -0.05) is 0 Å². The number of rotatable bonds is 1. The lowest BCUT2D eigenvalue weighted by atomic mass is 10.2. The van der Waals surface area contributed by atoms with Crippen molar-refractivity contribution in [3.05, 3.63) is 11.6 Å². The Labute approximate surface area is 99.8 Å². The van der Waals surface area contributed by atoms with Gasteiger partial charge in [-0.25, -0.2) is 14.7 Å². The van der Waals surface area contributed by atoms with Crippen molar-refractivity contribution in [3.63, 3.8) is 0 Å². The zero-order valence-electron chi connectivity index (χ0n) is 10.6. The van der Waals surface area contributed by atoms with Crippen LogP contribution in [0, 0.1) is 18.3 Å². The second kappa shape index (κ2) is 4.45. The summed E-state index contributed by atoms with van der Waals surface area (Å²) in [4.78, 5) is 16.7. The van der Waals surface area contributed by atoms with E-state index in [1.165, 1.54) is 7.05 Å². The molecule has 0 aromatic carbocycles. The first-order chi connectivity index (χ1) is 7.74. The van der Waals surface area contributed by atoms with Gasteiger partial charge in [-0.05, 0) is 20.8 Å². The number of ether oxygens (including phenoxy) is 1. The fourth-order valence-electron chi connectivity index (χ4n) is 1.13. The van der Waals surface area contributed by atoms with Crippen LogP contribution in [0.1, 0.15) is 32.4 Å². The summed E-state index contributed by atoms with van der Waals surface area (Å²) >= 11 is 0. The average molecular weight is 237 g/mol. The summed E-state index contributed by atoms with van der Waals surface area (Å²) in [6.45, 7) is 6.88. The number of aryl methyl sites for hydroxylation is 1. The van der Waals surface area contributed by atoms with Crippen molar-refractivity contribution in [2.75, 3.05) is 11.9 Å². The number of nitriles is 1. The van der Waals surface area contributed by atoms with Crippen LogP contribution in [0.15, 0.2) is 4.42 Å². The normalized spacial score (nSPS) is 10.8. The van der Waals surface area contributed by atoms with E-state index in [-0.39, 0.29) is 11.6 Å². The average Bonchev–Trinajstić information content (AvgIpc) is 2.55. The molecule has 0 radical (unpaired) electrons. The van der Waals surface area contributed by atoms with Crippen LogP contribution >= 0.6 is 0 Å². The number of aromatic nitrogens is 1. The molecule has 1 rings (SSSR count). The molecule has 1 aromatic heterocycles. The van der Waals surface area contributed by atoms with E-state index in [0.717, 1.165) is 4.90 Å². The molecule has 0 spiro atoms. The minimum absolute atomic E-state index is 0.0656. The van der Waals surface area contributed by atoms with Gasteiger partial charge < -0.3 is 9.15 Å². The minimum Gasteiger partial charge on any atom is -0.443 e. The van der Waals surface area contributed by atoms with Crippen LogP contribution in [0.4, 0.5) is 10.7 Å². The SMILES string of the molecule is Cc1nc(C#N)c(N(C)C(=O)OC(C)(C)C)o1. The van der Waals surface area contributed by atoms with Crippen molar-refractivity contribution in [1.82, 2.24) is 4.98 Å². The Morgan fingerprint density at radius 2 is 2.12 bits per heavy atom. The van der Waals surface area contributed by atoms with Crippen molar-refractivity contribution in [2.24, 2.45) is 0 Å². The van der Waals surface area contributed by atoms with Crippen LogP contribution in [0.25, 0.3) is 0 Å². The Hall–Kier alpha value is -2.03. The lowest BCUT2D eigenvalue weighted by Crippen LogP contribution is -2.34. The number of carbonyl (C=O) groups excluding carboxylic acids is 1. The van der Waals surface area contributed by atoms with E-state index in [4.69, 9.17) is 14.4 Å². The molecule has 6 heteroatoms. The number of carbonyl (C=O) groups is 1. The van der Waals surface area contributed by atoms with Gasteiger partial charge in [0.25, 0.3) is 0 Å².